The molecule has 0 heterocycles. The van der Waals surface area contributed by atoms with E-state index in [1.807, 2.05) is 0 Å². The van der Waals surface area contributed by atoms with E-state index in [4.69, 9.17) is 5.73 Å². The van der Waals surface area contributed by atoms with Gasteiger partial charge in [0.2, 0.25) is 0 Å². The van der Waals surface area contributed by atoms with Crippen LogP contribution in [0.3, 0.4) is 0 Å². The average molecular weight is 247 g/mol. The molecule has 0 unspecified atom stereocenters. The molecule has 1 rings (SSSR count). The molecule has 0 aliphatic rings. The maximum atomic E-state index is 12.4. The highest BCUT2D eigenvalue weighted by atomic mass is 19.4. The van der Waals surface area contributed by atoms with Crippen molar-refractivity contribution in [3.05, 3.63) is 29.3 Å². The lowest BCUT2D eigenvalue weighted by atomic mass is 10.1. The van der Waals surface area contributed by atoms with Gasteiger partial charge in [-0.15, -0.1) is 0 Å². The molecule has 17 heavy (non-hydrogen) atoms. The zero-order valence-corrected chi connectivity index (χ0v) is 9.30. The number of benzene rings is 1. The Balaban J connectivity index is 3.11. The lowest BCUT2D eigenvalue weighted by Gasteiger charge is -2.14. The van der Waals surface area contributed by atoms with Gasteiger partial charge in [0.05, 0.1) is 11.1 Å². The van der Waals surface area contributed by atoms with Crippen LogP contribution in [0.15, 0.2) is 18.2 Å². The normalized spacial score (nSPS) is 11.6. The number of halogens is 3. The summed E-state index contributed by atoms with van der Waals surface area (Å²) in [6, 6.07) is 2.63. The van der Waals surface area contributed by atoms with E-state index in [9.17, 15) is 18.0 Å². The maximum Gasteiger partial charge on any atom is 0.416 e. The molecule has 1 aromatic carbocycles. The lowest BCUT2D eigenvalue weighted by molar-refractivity contribution is -0.137. The quantitative estimate of drug-likeness (QED) is 0.615. The Morgan fingerprint density at radius 2 is 1.94 bits per heavy atom. The Morgan fingerprint density at radius 1 is 1.35 bits per heavy atom. The minimum absolute atomic E-state index is 0.00245. The summed E-state index contributed by atoms with van der Waals surface area (Å²) in [5.74, 6) is -0.682. The molecular formula is C10H12F3N3O. The third-order valence-corrected chi connectivity index (χ3v) is 1.95. The van der Waals surface area contributed by atoms with Crippen molar-refractivity contribution in [1.82, 2.24) is 10.4 Å². The van der Waals surface area contributed by atoms with Gasteiger partial charge >= 0.3 is 6.18 Å². The number of nitrogens with two attached hydrogens (primary N) is 1. The molecule has 0 saturated heterocycles. The number of hydrogen-bond acceptors (Lipinski definition) is 3. The van der Waals surface area contributed by atoms with Gasteiger partial charge in [-0.05, 0) is 18.2 Å². The van der Waals surface area contributed by atoms with E-state index < -0.39 is 17.6 Å². The molecular weight excluding hydrogens is 235 g/mol. The zero-order valence-electron chi connectivity index (χ0n) is 9.30. The summed E-state index contributed by atoms with van der Waals surface area (Å²) >= 11 is 0. The number of nitrogens with one attached hydrogen (secondary N) is 1. The van der Waals surface area contributed by atoms with Crippen molar-refractivity contribution >= 4 is 11.6 Å². The largest absolute Gasteiger partial charge is 0.416 e. The highest BCUT2D eigenvalue weighted by molar-refractivity contribution is 5.99. The molecule has 1 amide bonds. The molecule has 0 atom stereocenters. The molecule has 0 fully saturated rings. The fourth-order valence-electron chi connectivity index (χ4n) is 1.19. The molecule has 0 radical (unpaired) electrons. The maximum absolute atomic E-state index is 12.4. The van der Waals surface area contributed by atoms with E-state index in [0.717, 1.165) is 18.2 Å². The van der Waals surface area contributed by atoms with E-state index in [1.165, 1.54) is 5.01 Å². The van der Waals surface area contributed by atoms with Gasteiger partial charge in [0, 0.05) is 19.8 Å². The Kier molecular flexibility index (Phi) is 3.62. The first-order valence-electron chi connectivity index (χ1n) is 4.67. The van der Waals surface area contributed by atoms with Crippen molar-refractivity contribution < 1.29 is 18.0 Å². The number of alkyl halides is 3. The summed E-state index contributed by atoms with van der Waals surface area (Å²) in [4.78, 5) is 11.6. The van der Waals surface area contributed by atoms with Gasteiger partial charge in [-0.3, -0.25) is 10.2 Å². The predicted octanol–water partition coefficient (Wildman–Crippen LogP) is 1.49. The monoisotopic (exact) mass is 247 g/mol. The minimum Gasteiger partial charge on any atom is -0.398 e. The zero-order chi connectivity index (χ0) is 13.2. The topological polar surface area (TPSA) is 58.4 Å². The number of nitrogens with zero attached hydrogens (tertiary/aromatic N) is 1. The Labute approximate surface area is 96.2 Å². The molecule has 94 valence electrons. The first kappa shape index (κ1) is 13.3. The van der Waals surface area contributed by atoms with Crippen LogP contribution in [0.1, 0.15) is 15.9 Å². The number of carbonyl (C=O) groups excluding carboxylic acids is 1. The second kappa shape index (κ2) is 4.62. The van der Waals surface area contributed by atoms with Crippen LogP contribution in [0.25, 0.3) is 0 Å². The van der Waals surface area contributed by atoms with Crippen LogP contribution in [0, 0.1) is 0 Å². The molecule has 0 aliphatic carbocycles. The summed E-state index contributed by atoms with van der Waals surface area (Å²) in [7, 11) is 3.09. The van der Waals surface area contributed by atoms with Gasteiger partial charge in [0.1, 0.15) is 0 Å². The van der Waals surface area contributed by atoms with Gasteiger partial charge in [-0.2, -0.15) is 13.2 Å². The average Bonchev–Trinajstić information content (AvgIpc) is 2.15. The molecule has 1 aromatic rings. The molecule has 4 nitrogen and oxygen atoms in total. The summed E-state index contributed by atoms with van der Waals surface area (Å²) in [5.41, 5.74) is 6.68. The fraction of sp³-hybridized carbons (Fsp3) is 0.300. The number of anilines is 1. The highest BCUT2D eigenvalue weighted by Crippen LogP contribution is 2.31. The van der Waals surface area contributed by atoms with Gasteiger partial charge in [-0.1, -0.05) is 0 Å². The van der Waals surface area contributed by atoms with Crippen LogP contribution in [0.5, 0.6) is 0 Å². The van der Waals surface area contributed by atoms with Crippen LogP contribution >= 0.6 is 0 Å². The first-order valence-corrected chi connectivity index (χ1v) is 4.67. The standard InChI is InChI=1S/C10H12F3N3O/c1-16(2)15-9(17)7-5-6(10(11,12)13)3-4-8(7)14/h3-5H,14H2,1-2H3,(H,15,17). The van der Waals surface area contributed by atoms with Gasteiger partial charge in [-0.25, -0.2) is 5.01 Å². The smallest absolute Gasteiger partial charge is 0.398 e. The van der Waals surface area contributed by atoms with Gasteiger partial charge in [0.25, 0.3) is 5.91 Å². The van der Waals surface area contributed by atoms with Crippen LogP contribution in [-0.4, -0.2) is 25.0 Å². The van der Waals surface area contributed by atoms with Crippen molar-refractivity contribution in [2.45, 2.75) is 6.18 Å². The summed E-state index contributed by atoms with van der Waals surface area (Å²) in [5, 5.41) is 1.32. The Hall–Kier alpha value is -1.76. The number of hydrazine groups is 1. The van der Waals surface area contributed by atoms with Crippen molar-refractivity contribution in [1.29, 1.82) is 0 Å². The van der Waals surface area contributed by atoms with E-state index in [2.05, 4.69) is 5.43 Å². The van der Waals surface area contributed by atoms with Crippen LogP contribution in [0.4, 0.5) is 18.9 Å². The fourth-order valence-corrected chi connectivity index (χ4v) is 1.19. The predicted molar refractivity (Wildman–Crippen MR) is 57.0 cm³/mol. The van der Waals surface area contributed by atoms with E-state index in [-0.39, 0.29) is 11.3 Å². The molecule has 0 spiro atoms. The molecule has 3 N–H and O–H groups in total. The van der Waals surface area contributed by atoms with Crippen LogP contribution in [0.2, 0.25) is 0 Å². The van der Waals surface area contributed by atoms with E-state index in [0.29, 0.717) is 0 Å². The number of nitrogen functional groups attached to an aromatic ring is 1. The molecule has 7 heteroatoms. The third-order valence-electron chi connectivity index (χ3n) is 1.95. The second-order valence-corrected chi connectivity index (χ2v) is 3.64. The molecule has 0 saturated carbocycles. The third kappa shape index (κ3) is 3.35. The van der Waals surface area contributed by atoms with Crippen molar-refractivity contribution in [3.63, 3.8) is 0 Å². The lowest BCUT2D eigenvalue weighted by Crippen LogP contribution is -2.36. The van der Waals surface area contributed by atoms with E-state index in [1.54, 1.807) is 14.1 Å². The number of hydrogen-bond donors (Lipinski definition) is 2. The van der Waals surface area contributed by atoms with Crippen LogP contribution in [-0.2, 0) is 6.18 Å². The van der Waals surface area contributed by atoms with E-state index >= 15 is 0 Å². The Morgan fingerprint density at radius 3 is 2.41 bits per heavy atom. The summed E-state index contributed by atoms with van der Waals surface area (Å²) < 4.78 is 37.3. The molecule has 0 bridgehead atoms. The molecule has 0 aromatic heterocycles. The SMILES string of the molecule is CN(C)NC(=O)c1cc(C(F)(F)F)ccc1N. The van der Waals surface area contributed by atoms with Crippen molar-refractivity contribution in [2.75, 3.05) is 19.8 Å². The first-order chi connectivity index (χ1) is 7.71. The van der Waals surface area contributed by atoms with Crippen molar-refractivity contribution in [2.24, 2.45) is 0 Å². The van der Waals surface area contributed by atoms with Crippen LogP contribution < -0.4 is 11.2 Å². The van der Waals surface area contributed by atoms with Gasteiger partial charge < -0.3 is 5.73 Å². The molecule has 0 aliphatic heterocycles. The van der Waals surface area contributed by atoms with Crippen molar-refractivity contribution in [3.8, 4) is 0 Å². The number of amides is 1. The second-order valence-electron chi connectivity index (χ2n) is 3.64. The Bertz CT molecular complexity index is 429. The summed E-state index contributed by atoms with van der Waals surface area (Å²) in [6.07, 6.45) is -4.50. The highest BCUT2D eigenvalue weighted by Gasteiger charge is 2.31. The summed E-state index contributed by atoms with van der Waals surface area (Å²) in [6.45, 7) is 0. The number of carbonyl (C=O) groups is 1. The number of rotatable bonds is 2. The van der Waals surface area contributed by atoms with Gasteiger partial charge in [0.15, 0.2) is 0 Å². The minimum atomic E-state index is -4.50.